The van der Waals surface area contributed by atoms with Crippen molar-refractivity contribution < 1.29 is 4.79 Å². The lowest BCUT2D eigenvalue weighted by molar-refractivity contribution is 0.102. The summed E-state index contributed by atoms with van der Waals surface area (Å²) in [6.45, 7) is 4.31. The van der Waals surface area contributed by atoms with Gasteiger partial charge in [-0.05, 0) is 43.0 Å². The minimum Gasteiger partial charge on any atom is -0.371 e. The van der Waals surface area contributed by atoms with E-state index >= 15 is 0 Å². The first-order chi connectivity index (χ1) is 11.1. The summed E-state index contributed by atoms with van der Waals surface area (Å²) in [4.78, 5) is 18.9. The number of hydrogen-bond donors (Lipinski definition) is 1. The molecule has 23 heavy (non-hydrogen) atoms. The number of pyridine rings is 1. The molecule has 0 radical (unpaired) electrons. The first kappa shape index (κ1) is 15.8. The van der Waals surface area contributed by atoms with Crippen LogP contribution in [0.1, 0.15) is 30.3 Å². The topological polar surface area (TPSA) is 45.2 Å². The molecule has 1 unspecified atom stereocenters. The molecule has 1 amide bonds. The molecule has 1 fully saturated rings. The first-order valence-electron chi connectivity index (χ1n) is 7.90. The molecule has 4 nitrogen and oxygen atoms in total. The van der Waals surface area contributed by atoms with Gasteiger partial charge in [-0.2, -0.15) is 0 Å². The van der Waals surface area contributed by atoms with Gasteiger partial charge in [-0.15, -0.1) is 0 Å². The van der Waals surface area contributed by atoms with E-state index in [1.807, 2.05) is 24.3 Å². The zero-order valence-corrected chi connectivity index (χ0v) is 13.9. The fraction of sp³-hybridized carbons (Fsp3) is 0.333. The molecule has 5 heteroatoms. The summed E-state index contributed by atoms with van der Waals surface area (Å²) in [6.07, 6.45) is 4.14. The molecule has 1 saturated heterocycles. The smallest absolute Gasteiger partial charge is 0.274 e. The molecule has 3 rings (SSSR count). The van der Waals surface area contributed by atoms with Crippen molar-refractivity contribution in [1.82, 2.24) is 4.98 Å². The lowest BCUT2D eigenvalue weighted by Crippen LogP contribution is -2.34. The average Bonchev–Trinajstić information content (AvgIpc) is 2.57. The van der Waals surface area contributed by atoms with Crippen molar-refractivity contribution in [3.8, 4) is 0 Å². The number of amides is 1. The molecule has 120 valence electrons. The van der Waals surface area contributed by atoms with E-state index in [2.05, 4.69) is 22.1 Å². The van der Waals surface area contributed by atoms with Gasteiger partial charge in [-0.1, -0.05) is 30.7 Å². The van der Waals surface area contributed by atoms with Gasteiger partial charge in [0.25, 0.3) is 5.91 Å². The molecule has 1 aliphatic rings. The fourth-order valence-corrected chi connectivity index (χ4v) is 3.10. The zero-order chi connectivity index (χ0) is 16.2. The molecule has 1 aromatic carbocycles. The third-order valence-corrected chi connectivity index (χ3v) is 4.45. The van der Waals surface area contributed by atoms with Crippen molar-refractivity contribution in [2.75, 3.05) is 23.3 Å². The largest absolute Gasteiger partial charge is 0.371 e. The molecule has 0 spiro atoms. The van der Waals surface area contributed by atoms with E-state index in [4.69, 9.17) is 11.6 Å². The Balaban J connectivity index is 1.76. The number of para-hydroxylation sites is 1. The van der Waals surface area contributed by atoms with Crippen LogP contribution in [0, 0.1) is 5.92 Å². The highest BCUT2D eigenvalue weighted by atomic mass is 35.5. The number of rotatable bonds is 3. The molecular formula is C18H20ClN3O. The summed E-state index contributed by atoms with van der Waals surface area (Å²) in [5.74, 6) is 0.433. The second kappa shape index (κ2) is 7.01. The molecule has 1 aliphatic heterocycles. The monoisotopic (exact) mass is 329 g/mol. The number of nitrogens with one attached hydrogen (secondary N) is 1. The lowest BCUT2D eigenvalue weighted by Gasteiger charge is -2.32. The number of carbonyl (C=O) groups excluding carboxylic acids is 1. The van der Waals surface area contributed by atoms with Gasteiger partial charge < -0.3 is 10.2 Å². The van der Waals surface area contributed by atoms with Gasteiger partial charge in [0.15, 0.2) is 0 Å². The van der Waals surface area contributed by atoms with E-state index in [-0.39, 0.29) is 5.91 Å². The van der Waals surface area contributed by atoms with E-state index < -0.39 is 0 Å². The van der Waals surface area contributed by atoms with E-state index in [9.17, 15) is 4.79 Å². The van der Waals surface area contributed by atoms with E-state index in [1.54, 1.807) is 18.3 Å². The lowest BCUT2D eigenvalue weighted by atomic mass is 10.00. The van der Waals surface area contributed by atoms with Crippen LogP contribution in [0.2, 0.25) is 5.02 Å². The van der Waals surface area contributed by atoms with Crippen molar-refractivity contribution in [3.63, 3.8) is 0 Å². The number of aromatic nitrogens is 1. The second-order valence-corrected chi connectivity index (χ2v) is 6.43. The Morgan fingerprint density at radius 3 is 2.96 bits per heavy atom. The van der Waals surface area contributed by atoms with Crippen molar-refractivity contribution in [2.24, 2.45) is 5.92 Å². The van der Waals surface area contributed by atoms with Crippen LogP contribution in [0.4, 0.5) is 11.4 Å². The van der Waals surface area contributed by atoms with Crippen LogP contribution in [-0.2, 0) is 0 Å². The Hall–Kier alpha value is -2.07. The SMILES string of the molecule is CC1CCCN(c2ccnc(C(=O)Nc3ccccc3Cl)c2)C1. The van der Waals surface area contributed by atoms with Crippen molar-refractivity contribution in [3.05, 3.63) is 53.3 Å². The van der Waals surface area contributed by atoms with Crippen LogP contribution in [0.3, 0.4) is 0 Å². The number of nitrogens with zero attached hydrogens (tertiary/aromatic N) is 2. The Bertz CT molecular complexity index is 704. The fourth-order valence-electron chi connectivity index (χ4n) is 2.91. The summed E-state index contributed by atoms with van der Waals surface area (Å²) in [5, 5.41) is 3.33. The molecule has 2 aromatic rings. The number of benzene rings is 1. The van der Waals surface area contributed by atoms with Crippen LogP contribution in [0.15, 0.2) is 42.6 Å². The van der Waals surface area contributed by atoms with Crippen LogP contribution in [0.25, 0.3) is 0 Å². The van der Waals surface area contributed by atoms with Gasteiger partial charge in [0, 0.05) is 25.0 Å². The van der Waals surface area contributed by atoms with Crippen molar-refractivity contribution in [1.29, 1.82) is 0 Å². The van der Waals surface area contributed by atoms with Gasteiger partial charge in [0.1, 0.15) is 5.69 Å². The van der Waals surface area contributed by atoms with Crippen LogP contribution in [-0.4, -0.2) is 24.0 Å². The molecule has 1 aromatic heterocycles. The van der Waals surface area contributed by atoms with Crippen LogP contribution in [0.5, 0.6) is 0 Å². The molecule has 1 atom stereocenters. The quantitative estimate of drug-likeness (QED) is 0.916. The van der Waals surface area contributed by atoms with E-state index in [1.165, 1.54) is 12.8 Å². The molecule has 0 saturated carbocycles. The maximum atomic E-state index is 12.4. The molecular weight excluding hydrogens is 310 g/mol. The van der Waals surface area contributed by atoms with Crippen molar-refractivity contribution >= 4 is 28.9 Å². The minimum absolute atomic E-state index is 0.245. The van der Waals surface area contributed by atoms with Gasteiger partial charge in [0.05, 0.1) is 10.7 Å². The Kier molecular flexibility index (Phi) is 4.82. The van der Waals surface area contributed by atoms with Gasteiger partial charge in [0.2, 0.25) is 0 Å². The number of piperidine rings is 1. The second-order valence-electron chi connectivity index (χ2n) is 6.03. The maximum absolute atomic E-state index is 12.4. The van der Waals surface area contributed by atoms with Gasteiger partial charge in [-0.25, -0.2) is 0 Å². The zero-order valence-electron chi connectivity index (χ0n) is 13.1. The highest BCUT2D eigenvalue weighted by molar-refractivity contribution is 6.33. The number of halogens is 1. The average molecular weight is 330 g/mol. The number of carbonyl (C=O) groups is 1. The normalized spacial score (nSPS) is 17.8. The predicted molar refractivity (Wildman–Crippen MR) is 94.3 cm³/mol. The maximum Gasteiger partial charge on any atom is 0.274 e. The first-order valence-corrected chi connectivity index (χ1v) is 8.28. The Labute approximate surface area is 141 Å². The van der Waals surface area contributed by atoms with Crippen LogP contribution < -0.4 is 10.2 Å². The minimum atomic E-state index is -0.245. The third-order valence-electron chi connectivity index (χ3n) is 4.12. The summed E-state index contributed by atoms with van der Waals surface area (Å²) >= 11 is 6.08. The summed E-state index contributed by atoms with van der Waals surface area (Å²) in [7, 11) is 0. The van der Waals surface area contributed by atoms with Gasteiger partial charge >= 0.3 is 0 Å². The third kappa shape index (κ3) is 3.82. The van der Waals surface area contributed by atoms with E-state index in [0.29, 0.717) is 22.3 Å². The molecule has 1 N–H and O–H groups in total. The summed E-state index contributed by atoms with van der Waals surface area (Å²) < 4.78 is 0. The van der Waals surface area contributed by atoms with Gasteiger partial charge in [-0.3, -0.25) is 9.78 Å². The predicted octanol–water partition coefficient (Wildman–Crippen LogP) is 4.22. The highest BCUT2D eigenvalue weighted by Gasteiger charge is 2.18. The Morgan fingerprint density at radius 1 is 1.35 bits per heavy atom. The standard InChI is InChI=1S/C18H20ClN3O/c1-13-5-4-10-22(12-13)14-8-9-20-17(11-14)18(23)21-16-7-3-2-6-15(16)19/h2-3,6-9,11,13H,4-5,10,12H2,1H3,(H,21,23). The summed E-state index contributed by atoms with van der Waals surface area (Å²) in [5.41, 5.74) is 2.05. The highest BCUT2D eigenvalue weighted by Crippen LogP contribution is 2.24. The molecule has 0 bridgehead atoms. The number of hydrogen-bond acceptors (Lipinski definition) is 3. The Morgan fingerprint density at radius 2 is 2.17 bits per heavy atom. The van der Waals surface area contributed by atoms with Crippen molar-refractivity contribution in [2.45, 2.75) is 19.8 Å². The molecule has 2 heterocycles. The van der Waals surface area contributed by atoms with E-state index in [0.717, 1.165) is 18.8 Å². The number of anilines is 2. The molecule has 0 aliphatic carbocycles. The van der Waals surface area contributed by atoms with Crippen LogP contribution >= 0.6 is 11.6 Å². The summed E-state index contributed by atoms with van der Waals surface area (Å²) in [6, 6.07) is 11.0.